The number of hydrogen-bond acceptors (Lipinski definition) is 2. The van der Waals surface area contributed by atoms with Crippen LogP contribution in [0.2, 0.25) is 5.02 Å². The fraction of sp³-hybridized carbons (Fsp3) is 0.588. The third-order valence-corrected chi connectivity index (χ3v) is 4.92. The molecule has 3 nitrogen and oxygen atoms in total. The minimum atomic E-state index is -0.0992. The molecule has 0 spiro atoms. The first kappa shape index (κ1) is 17.8. The highest BCUT2D eigenvalue weighted by atomic mass is 79.9. The van der Waals surface area contributed by atoms with Crippen LogP contribution in [0, 0.1) is 5.92 Å². The Morgan fingerprint density at radius 2 is 2.27 bits per heavy atom. The molecule has 1 atom stereocenters. The lowest BCUT2D eigenvalue weighted by Crippen LogP contribution is -2.35. The minimum Gasteiger partial charge on any atom is -0.352 e. The summed E-state index contributed by atoms with van der Waals surface area (Å²) in [5.41, 5.74) is 0.529. The van der Waals surface area contributed by atoms with Crippen LogP contribution in [0.1, 0.15) is 43.0 Å². The van der Waals surface area contributed by atoms with Crippen LogP contribution < -0.4 is 5.32 Å². The second kappa shape index (κ2) is 8.90. The average Bonchev–Trinajstić information content (AvgIpc) is 2.49. The van der Waals surface area contributed by atoms with Gasteiger partial charge in [-0.3, -0.25) is 4.79 Å². The van der Waals surface area contributed by atoms with Gasteiger partial charge in [-0.1, -0.05) is 34.5 Å². The molecule has 1 aromatic carbocycles. The van der Waals surface area contributed by atoms with Gasteiger partial charge in [0.2, 0.25) is 0 Å². The first-order valence-electron chi connectivity index (χ1n) is 8.02. The molecule has 0 aromatic heterocycles. The van der Waals surface area contributed by atoms with Gasteiger partial charge in [0.1, 0.15) is 0 Å². The molecular weight excluding hydrogens is 364 g/mol. The molecule has 0 saturated carbocycles. The molecule has 1 aliphatic heterocycles. The molecule has 0 bridgehead atoms. The number of unbranched alkanes of at least 4 members (excludes halogenated alkanes) is 1. The summed E-state index contributed by atoms with van der Waals surface area (Å²) in [6.07, 6.45) is 4.81. The smallest absolute Gasteiger partial charge is 0.252 e. The van der Waals surface area contributed by atoms with Gasteiger partial charge >= 0.3 is 0 Å². The van der Waals surface area contributed by atoms with Crippen LogP contribution in [-0.4, -0.2) is 37.0 Å². The summed E-state index contributed by atoms with van der Waals surface area (Å²) in [5.74, 6) is 0.727. The standard InChI is InChI=1S/C17H24BrClN2O/c1-13-5-4-10-21(12-13)9-3-2-8-20-17(22)15-11-14(18)6-7-16(15)19/h6-7,11,13H,2-5,8-10,12H2,1H3,(H,20,22)/t13-/m1/s1. The van der Waals surface area contributed by atoms with E-state index in [2.05, 4.69) is 33.1 Å². The van der Waals surface area contributed by atoms with Crippen LogP contribution in [0.4, 0.5) is 0 Å². The summed E-state index contributed by atoms with van der Waals surface area (Å²) in [6.45, 7) is 6.61. The van der Waals surface area contributed by atoms with E-state index in [1.165, 1.54) is 25.9 Å². The third-order valence-electron chi connectivity index (χ3n) is 4.10. The lowest BCUT2D eigenvalue weighted by Gasteiger charge is -2.30. The molecule has 1 amide bonds. The van der Waals surface area contributed by atoms with E-state index in [4.69, 9.17) is 11.6 Å². The number of nitrogens with zero attached hydrogens (tertiary/aromatic N) is 1. The molecule has 122 valence electrons. The highest BCUT2D eigenvalue weighted by Gasteiger charge is 2.15. The highest BCUT2D eigenvalue weighted by Crippen LogP contribution is 2.21. The fourth-order valence-corrected chi connectivity index (χ4v) is 3.48. The van der Waals surface area contributed by atoms with Crippen LogP contribution in [0.3, 0.4) is 0 Å². The van der Waals surface area contributed by atoms with E-state index in [0.29, 0.717) is 17.1 Å². The van der Waals surface area contributed by atoms with E-state index in [-0.39, 0.29) is 5.91 Å². The van der Waals surface area contributed by atoms with Crippen LogP contribution in [0.15, 0.2) is 22.7 Å². The second-order valence-electron chi connectivity index (χ2n) is 6.14. The molecule has 1 saturated heterocycles. The molecule has 1 aliphatic rings. The Morgan fingerprint density at radius 3 is 3.05 bits per heavy atom. The molecule has 1 heterocycles. The van der Waals surface area contributed by atoms with Crippen LogP contribution in [0.25, 0.3) is 0 Å². The molecule has 1 fully saturated rings. The van der Waals surface area contributed by atoms with Gasteiger partial charge in [-0.25, -0.2) is 0 Å². The van der Waals surface area contributed by atoms with E-state index >= 15 is 0 Å². The SMILES string of the molecule is C[C@@H]1CCCN(CCCCNC(=O)c2cc(Br)ccc2Cl)C1. The van der Waals surface area contributed by atoms with Crippen molar-refractivity contribution in [3.05, 3.63) is 33.3 Å². The van der Waals surface area contributed by atoms with Crippen molar-refractivity contribution >= 4 is 33.4 Å². The number of carbonyl (C=O) groups excluding carboxylic acids is 1. The zero-order chi connectivity index (χ0) is 15.9. The Hall–Kier alpha value is -0.580. The third kappa shape index (κ3) is 5.56. The molecule has 0 unspecified atom stereocenters. The number of amides is 1. The Labute approximate surface area is 146 Å². The number of benzene rings is 1. The van der Waals surface area contributed by atoms with Crippen molar-refractivity contribution in [1.82, 2.24) is 10.2 Å². The molecular formula is C17H24BrClN2O. The Morgan fingerprint density at radius 1 is 1.45 bits per heavy atom. The van der Waals surface area contributed by atoms with E-state index in [9.17, 15) is 4.79 Å². The van der Waals surface area contributed by atoms with E-state index in [1.54, 1.807) is 12.1 Å². The quantitative estimate of drug-likeness (QED) is 0.736. The second-order valence-corrected chi connectivity index (χ2v) is 7.46. The van der Waals surface area contributed by atoms with Gasteiger partial charge in [-0.2, -0.15) is 0 Å². The number of halogens is 2. The number of hydrogen-bond donors (Lipinski definition) is 1. The number of likely N-dealkylation sites (tertiary alicyclic amines) is 1. The zero-order valence-corrected chi connectivity index (χ0v) is 15.4. The molecule has 22 heavy (non-hydrogen) atoms. The van der Waals surface area contributed by atoms with E-state index < -0.39 is 0 Å². The van der Waals surface area contributed by atoms with Crippen molar-refractivity contribution in [2.24, 2.45) is 5.92 Å². The van der Waals surface area contributed by atoms with Gasteiger partial charge in [0.05, 0.1) is 10.6 Å². The largest absolute Gasteiger partial charge is 0.352 e. The van der Waals surface area contributed by atoms with Crippen LogP contribution >= 0.6 is 27.5 Å². The van der Waals surface area contributed by atoms with Crippen molar-refractivity contribution < 1.29 is 4.79 Å². The average molecular weight is 388 g/mol. The Bertz CT molecular complexity index is 509. The number of rotatable bonds is 6. The summed E-state index contributed by atoms with van der Waals surface area (Å²) in [4.78, 5) is 14.6. The van der Waals surface area contributed by atoms with Crippen molar-refractivity contribution in [2.45, 2.75) is 32.6 Å². The van der Waals surface area contributed by atoms with E-state index in [1.807, 2.05) is 6.07 Å². The van der Waals surface area contributed by atoms with E-state index in [0.717, 1.165) is 29.8 Å². The lowest BCUT2D eigenvalue weighted by atomic mass is 10.0. The first-order valence-corrected chi connectivity index (χ1v) is 9.19. The highest BCUT2D eigenvalue weighted by molar-refractivity contribution is 9.10. The van der Waals surface area contributed by atoms with Crippen LogP contribution in [0.5, 0.6) is 0 Å². The number of carbonyl (C=O) groups is 1. The van der Waals surface area contributed by atoms with Gasteiger partial charge < -0.3 is 10.2 Å². The van der Waals surface area contributed by atoms with Gasteiger partial charge in [0.15, 0.2) is 0 Å². The monoisotopic (exact) mass is 386 g/mol. The fourth-order valence-electron chi connectivity index (χ4n) is 2.92. The zero-order valence-electron chi connectivity index (χ0n) is 13.1. The molecule has 0 aliphatic carbocycles. The minimum absolute atomic E-state index is 0.0992. The summed E-state index contributed by atoms with van der Waals surface area (Å²) in [5, 5.41) is 3.44. The molecule has 2 rings (SSSR count). The molecule has 0 radical (unpaired) electrons. The van der Waals surface area contributed by atoms with Crippen molar-refractivity contribution in [3.8, 4) is 0 Å². The van der Waals surface area contributed by atoms with Crippen molar-refractivity contribution in [2.75, 3.05) is 26.2 Å². The summed E-state index contributed by atoms with van der Waals surface area (Å²) in [7, 11) is 0. The van der Waals surface area contributed by atoms with Crippen LogP contribution in [-0.2, 0) is 0 Å². The summed E-state index contributed by atoms with van der Waals surface area (Å²) < 4.78 is 0.862. The van der Waals surface area contributed by atoms with Gasteiger partial charge in [0.25, 0.3) is 5.91 Å². The first-order chi connectivity index (χ1) is 10.6. The predicted octanol–water partition coefficient (Wildman–Crippen LogP) is 4.34. The lowest BCUT2D eigenvalue weighted by molar-refractivity contribution is 0.0952. The maximum atomic E-state index is 12.1. The van der Waals surface area contributed by atoms with Gasteiger partial charge in [-0.05, 0) is 62.9 Å². The maximum absolute atomic E-state index is 12.1. The predicted molar refractivity (Wildman–Crippen MR) is 95.6 cm³/mol. The number of nitrogens with one attached hydrogen (secondary N) is 1. The Balaban J connectivity index is 1.66. The van der Waals surface area contributed by atoms with Crippen molar-refractivity contribution in [3.63, 3.8) is 0 Å². The molecule has 5 heteroatoms. The molecule has 1 N–H and O–H groups in total. The van der Waals surface area contributed by atoms with Gasteiger partial charge in [0, 0.05) is 17.6 Å². The van der Waals surface area contributed by atoms with Gasteiger partial charge in [-0.15, -0.1) is 0 Å². The molecule has 1 aromatic rings. The maximum Gasteiger partial charge on any atom is 0.252 e. The number of piperidine rings is 1. The summed E-state index contributed by atoms with van der Waals surface area (Å²) in [6, 6.07) is 5.32. The topological polar surface area (TPSA) is 32.3 Å². The Kier molecular flexibility index (Phi) is 7.19. The van der Waals surface area contributed by atoms with Crippen molar-refractivity contribution in [1.29, 1.82) is 0 Å². The summed E-state index contributed by atoms with van der Waals surface area (Å²) >= 11 is 9.42. The normalized spacial score (nSPS) is 19.1.